The highest BCUT2D eigenvalue weighted by atomic mass is 79.9. The topological polar surface area (TPSA) is 104 Å². The van der Waals surface area contributed by atoms with Crippen LogP contribution in [0.25, 0.3) is 11.3 Å². The summed E-state index contributed by atoms with van der Waals surface area (Å²) in [7, 11) is 1.38. The fourth-order valence-corrected chi connectivity index (χ4v) is 4.32. The van der Waals surface area contributed by atoms with Crippen molar-refractivity contribution in [1.82, 2.24) is 14.8 Å². The molecule has 1 aromatic carbocycles. The Morgan fingerprint density at radius 3 is 2.86 bits per heavy atom. The number of nitrogens with two attached hydrogens (primary N) is 1. The third-order valence-corrected chi connectivity index (χ3v) is 6.52. The molecule has 8 nitrogen and oxygen atoms in total. The molecule has 35 heavy (non-hydrogen) atoms. The predicted molar refractivity (Wildman–Crippen MR) is 141 cm³/mol. The zero-order valence-electron chi connectivity index (χ0n) is 20.4. The molecule has 1 aliphatic carbocycles. The minimum Gasteiger partial charge on any atom is -0.477 e. The second-order valence-corrected chi connectivity index (χ2v) is 10.0. The van der Waals surface area contributed by atoms with Crippen LogP contribution < -0.4 is 15.8 Å². The summed E-state index contributed by atoms with van der Waals surface area (Å²) >= 11 is 3.49. The van der Waals surface area contributed by atoms with Crippen LogP contribution in [0.15, 0.2) is 41.0 Å². The first kappa shape index (κ1) is 25.0. The molecule has 186 valence electrons. The van der Waals surface area contributed by atoms with E-state index >= 15 is 0 Å². The third kappa shape index (κ3) is 6.33. The van der Waals surface area contributed by atoms with Crippen LogP contribution in [-0.4, -0.2) is 41.0 Å². The predicted octanol–water partition coefficient (Wildman–Crippen LogP) is 5.63. The molecule has 0 bridgehead atoms. The van der Waals surface area contributed by atoms with Crippen molar-refractivity contribution in [3.8, 4) is 17.1 Å². The van der Waals surface area contributed by atoms with Gasteiger partial charge in [0.1, 0.15) is 0 Å². The molecular formula is C26H32BrN5O3. The zero-order valence-corrected chi connectivity index (χ0v) is 22.0. The van der Waals surface area contributed by atoms with E-state index in [9.17, 15) is 4.79 Å². The second-order valence-electron chi connectivity index (χ2n) is 9.12. The van der Waals surface area contributed by atoms with Gasteiger partial charge in [-0.05, 0) is 68.9 Å². The number of hydrogen-bond acceptors (Lipinski definition) is 7. The van der Waals surface area contributed by atoms with E-state index in [1.54, 1.807) is 18.3 Å². The zero-order chi connectivity index (χ0) is 24.9. The number of ether oxygens (including phenoxy) is 2. The number of aryl methyl sites for hydroxylation is 1. The van der Waals surface area contributed by atoms with Crippen LogP contribution in [0.1, 0.15) is 54.7 Å². The SMILES string of the molecule is COC(=O)c1cc(C)nc(-c2cnn(C3CC3)c2OCCC[C@@H](C)CNc2cc(Br)ccc2N)c1. The Balaban J connectivity index is 1.38. The third-order valence-electron chi connectivity index (χ3n) is 6.03. The van der Waals surface area contributed by atoms with Crippen LogP contribution >= 0.6 is 15.9 Å². The lowest BCUT2D eigenvalue weighted by molar-refractivity contribution is 0.0600. The number of halogens is 1. The van der Waals surface area contributed by atoms with Crippen LogP contribution in [0.3, 0.4) is 0 Å². The number of esters is 1. The molecular weight excluding hydrogens is 510 g/mol. The molecule has 9 heteroatoms. The monoisotopic (exact) mass is 541 g/mol. The minimum atomic E-state index is -0.388. The standard InChI is InChI=1S/C26H32BrN5O3/c1-16(14-29-24-13-19(27)6-9-22(24)28)5-4-10-35-25-21(15-30-32(25)20-7-8-20)23-12-18(26(33)34-3)11-17(2)31-23/h6,9,11-13,15-16,20,29H,4-5,7-8,10,14,28H2,1-3H3/t16-/m1/s1. The van der Waals surface area contributed by atoms with Gasteiger partial charge in [-0.3, -0.25) is 4.98 Å². The summed E-state index contributed by atoms with van der Waals surface area (Å²) in [6.07, 6.45) is 5.87. The summed E-state index contributed by atoms with van der Waals surface area (Å²) in [6, 6.07) is 9.64. The van der Waals surface area contributed by atoms with Gasteiger partial charge in [-0.25, -0.2) is 9.48 Å². The highest BCUT2D eigenvalue weighted by Gasteiger charge is 2.30. The molecule has 1 saturated carbocycles. The van der Waals surface area contributed by atoms with E-state index in [0.717, 1.165) is 59.3 Å². The maximum Gasteiger partial charge on any atom is 0.337 e. The van der Waals surface area contributed by atoms with Gasteiger partial charge in [0.25, 0.3) is 0 Å². The second kappa shape index (κ2) is 11.1. The lowest BCUT2D eigenvalue weighted by Gasteiger charge is -2.16. The number of anilines is 2. The number of carbonyl (C=O) groups is 1. The highest BCUT2D eigenvalue weighted by Crippen LogP contribution is 2.41. The van der Waals surface area contributed by atoms with Crippen LogP contribution in [0.5, 0.6) is 5.88 Å². The van der Waals surface area contributed by atoms with Crippen molar-refractivity contribution in [2.75, 3.05) is 31.3 Å². The summed E-state index contributed by atoms with van der Waals surface area (Å²) in [5.41, 5.74) is 10.4. The van der Waals surface area contributed by atoms with Crippen molar-refractivity contribution in [2.24, 2.45) is 5.92 Å². The van der Waals surface area contributed by atoms with Gasteiger partial charge in [-0.1, -0.05) is 22.9 Å². The maximum atomic E-state index is 12.1. The van der Waals surface area contributed by atoms with Crippen LogP contribution in [0.4, 0.5) is 11.4 Å². The fourth-order valence-electron chi connectivity index (χ4n) is 3.96. The Hall–Kier alpha value is -3.07. The quantitative estimate of drug-likeness (QED) is 0.184. The molecule has 0 aliphatic heterocycles. The number of hydrogen-bond donors (Lipinski definition) is 2. The van der Waals surface area contributed by atoms with Crippen molar-refractivity contribution in [3.05, 3.63) is 52.3 Å². The van der Waals surface area contributed by atoms with Gasteiger partial charge in [0.2, 0.25) is 5.88 Å². The van der Waals surface area contributed by atoms with Gasteiger partial charge in [0, 0.05) is 16.7 Å². The lowest BCUT2D eigenvalue weighted by Crippen LogP contribution is -2.14. The van der Waals surface area contributed by atoms with E-state index in [2.05, 4.69) is 38.3 Å². The van der Waals surface area contributed by atoms with Crippen LogP contribution in [0.2, 0.25) is 0 Å². The number of nitrogens with zero attached hydrogens (tertiary/aromatic N) is 3. The Morgan fingerprint density at radius 1 is 1.31 bits per heavy atom. The molecule has 0 spiro atoms. The van der Waals surface area contributed by atoms with E-state index in [-0.39, 0.29) is 5.97 Å². The molecule has 1 aliphatic rings. The Labute approximate surface area is 214 Å². The number of nitrogen functional groups attached to an aromatic ring is 1. The van der Waals surface area contributed by atoms with Crippen molar-refractivity contribution >= 4 is 33.3 Å². The molecule has 2 heterocycles. The smallest absolute Gasteiger partial charge is 0.337 e. The molecule has 3 aromatic rings. The number of pyridine rings is 1. The van der Waals surface area contributed by atoms with Crippen LogP contribution in [0, 0.1) is 12.8 Å². The highest BCUT2D eigenvalue weighted by molar-refractivity contribution is 9.10. The van der Waals surface area contributed by atoms with Gasteiger partial charge in [-0.15, -0.1) is 0 Å². The normalized spacial score (nSPS) is 13.9. The van der Waals surface area contributed by atoms with Crippen molar-refractivity contribution in [2.45, 2.75) is 45.6 Å². The van der Waals surface area contributed by atoms with E-state index in [1.807, 2.05) is 29.8 Å². The molecule has 0 unspecified atom stereocenters. The number of methoxy groups -OCH3 is 1. The first-order valence-electron chi connectivity index (χ1n) is 11.9. The summed E-state index contributed by atoms with van der Waals surface area (Å²) in [6.45, 7) is 5.48. The number of nitrogens with one attached hydrogen (secondary N) is 1. The molecule has 4 rings (SSSR count). The van der Waals surface area contributed by atoms with Gasteiger partial charge in [0.05, 0.1) is 54.2 Å². The van der Waals surface area contributed by atoms with Crippen LogP contribution in [-0.2, 0) is 4.74 Å². The minimum absolute atomic E-state index is 0.363. The largest absolute Gasteiger partial charge is 0.477 e. The maximum absolute atomic E-state index is 12.1. The molecule has 2 aromatic heterocycles. The number of benzene rings is 1. The van der Waals surface area contributed by atoms with E-state index in [4.69, 9.17) is 15.2 Å². The van der Waals surface area contributed by atoms with Crippen molar-refractivity contribution < 1.29 is 14.3 Å². The number of aromatic nitrogens is 3. The summed E-state index contributed by atoms with van der Waals surface area (Å²) in [4.78, 5) is 16.7. The Bertz CT molecular complexity index is 1190. The van der Waals surface area contributed by atoms with Gasteiger partial charge < -0.3 is 20.5 Å². The molecule has 1 atom stereocenters. The molecule has 0 radical (unpaired) electrons. The average molecular weight is 542 g/mol. The van der Waals surface area contributed by atoms with Crippen molar-refractivity contribution in [1.29, 1.82) is 0 Å². The van der Waals surface area contributed by atoms with Gasteiger partial charge in [-0.2, -0.15) is 5.10 Å². The fraction of sp³-hybridized carbons (Fsp3) is 0.423. The molecule has 1 fully saturated rings. The first-order chi connectivity index (χ1) is 16.9. The molecule has 3 N–H and O–H groups in total. The lowest BCUT2D eigenvalue weighted by atomic mass is 10.1. The van der Waals surface area contributed by atoms with Gasteiger partial charge >= 0.3 is 5.97 Å². The molecule has 0 saturated heterocycles. The van der Waals surface area contributed by atoms with E-state index < -0.39 is 0 Å². The first-order valence-corrected chi connectivity index (χ1v) is 12.7. The van der Waals surface area contributed by atoms with Crippen molar-refractivity contribution in [3.63, 3.8) is 0 Å². The van der Waals surface area contributed by atoms with E-state index in [1.165, 1.54) is 7.11 Å². The van der Waals surface area contributed by atoms with E-state index in [0.29, 0.717) is 35.7 Å². The summed E-state index contributed by atoms with van der Waals surface area (Å²) < 4.78 is 14.1. The average Bonchev–Trinajstić information content (AvgIpc) is 3.60. The number of carbonyl (C=O) groups excluding carboxylic acids is 1. The number of rotatable bonds is 11. The summed E-state index contributed by atoms with van der Waals surface area (Å²) in [5.74, 6) is 0.779. The Morgan fingerprint density at radius 2 is 2.11 bits per heavy atom. The summed E-state index contributed by atoms with van der Waals surface area (Å²) in [5, 5.41) is 8.02. The van der Waals surface area contributed by atoms with Gasteiger partial charge in [0.15, 0.2) is 0 Å². The molecule has 0 amide bonds. The Kier molecular flexibility index (Phi) is 7.95.